The monoisotopic (exact) mass is 1190 g/mol. The second-order valence-electron chi connectivity index (χ2n) is 20.6. The van der Waals surface area contributed by atoms with Crippen LogP contribution in [0.25, 0.3) is 0 Å². The van der Waals surface area contributed by atoms with Crippen LogP contribution in [0.4, 0.5) is 17.6 Å². The molecule has 8 bridgehead atoms. The van der Waals surface area contributed by atoms with Gasteiger partial charge in [-0.15, -0.1) is 0 Å². The molecule has 6 aromatic rings. The highest BCUT2D eigenvalue weighted by Crippen LogP contribution is 2.57. The average Bonchev–Trinajstić information content (AvgIpc) is 3.49. The maximum absolute atomic E-state index is 13.4. The van der Waals surface area contributed by atoms with Crippen LogP contribution >= 0.6 is 24.1 Å². The maximum Gasteiger partial charge on any atom is 0.415 e. The van der Waals surface area contributed by atoms with Gasteiger partial charge in [0, 0.05) is 23.7 Å². The number of carbonyl (C=O) groups is 4. The highest BCUT2D eigenvalue weighted by molar-refractivity contribution is 7.97. The van der Waals surface area contributed by atoms with E-state index in [1.807, 2.05) is 0 Å². The highest BCUT2D eigenvalue weighted by atomic mass is 32.2. The fraction of sp³-hybridized carbons (Fsp3) is 0.333. The summed E-state index contributed by atoms with van der Waals surface area (Å²) in [6.07, 6.45) is 7.27. The van der Waals surface area contributed by atoms with E-state index in [-0.39, 0.29) is 57.2 Å². The molecule has 0 heterocycles. The summed E-state index contributed by atoms with van der Waals surface area (Å²) in [5, 5.41) is 33.4. The van der Waals surface area contributed by atoms with Gasteiger partial charge in [-0.3, -0.25) is 19.7 Å². The van der Waals surface area contributed by atoms with Gasteiger partial charge in [0.05, 0.1) is 27.4 Å². The Hall–Kier alpha value is -5.56. The summed E-state index contributed by atoms with van der Waals surface area (Å²) < 4.78 is 62.1. The number of hydrogen-bond acceptors (Lipinski definition) is 14. The summed E-state index contributed by atoms with van der Waals surface area (Å²) in [6, 6.07) is 64.3. The van der Waals surface area contributed by atoms with Gasteiger partial charge in [-0.1, -0.05) is 109 Å². The van der Waals surface area contributed by atoms with Crippen molar-refractivity contribution >= 4 is 69.4 Å². The molecule has 21 heteroatoms. The lowest BCUT2D eigenvalue weighted by Gasteiger charge is -2.54. The second kappa shape index (κ2) is 28.1. The Morgan fingerprint density at radius 2 is 0.753 bits per heavy atom. The maximum atomic E-state index is 13.4. The Morgan fingerprint density at radius 3 is 1.04 bits per heavy atom. The second-order valence-corrected chi connectivity index (χ2v) is 26.2. The van der Waals surface area contributed by atoms with E-state index in [0.29, 0.717) is 31.0 Å². The van der Waals surface area contributed by atoms with Crippen molar-refractivity contribution in [2.45, 2.75) is 115 Å². The quantitative estimate of drug-likeness (QED) is 0.0245. The molecule has 0 radical (unpaired) electrons. The van der Waals surface area contributed by atoms with Gasteiger partial charge >= 0.3 is 22.4 Å². The minimum atomic E-state index is -4.16. The predicted octanol–water partition coefficient (Wildman–Crippen LogP) is 11.4. The minimum Gasteiger partial charge on any atom is -0.691 e. The van der Waals surface area contributed by atoms with E-state index in [9.17, 15) is 47.1 Å². The van der Waals surface area contributed by atoms with Crippen LogP contribution in [0.3, 0.4) is 0 Å². The summed E-state index contributed by atoms with van der Waals surface area (Å²) >= 11 is -1.57. The zero-order valence-electron chi connectivity index (χ0n) is 43.4. The first-order chi connectivity index (χ1) is 38.9. The van der Waals surface area contributed by atoms with Crippen LogP contribution in [0, 0.1) is 35.5 Å². The molecule has 0 saturated heterocycles. The van der Waals surface area contributed by atoms with Gasteiger partial charge in [-0.2, -0.15) is 26.2 Å². The molecule has 8 aliphatic carbocycles. The third-order valence-corrected chi connectivity index (χ3v) is 20.4. The number of hydrogen-bond donors (Lipinski definition) is 2. The molecule has 0 spiro atoms. The predicted molar refractivity (Wildman–Crippen MR) is 291 cm³/mol. The molecule has 8 fully saturated rings. The van der Waals surface area contributed by atoms with E-state index in [1.165, 1.54) is 29.4 Å². The molecule has 6 aromatic carbocycles. The first kappa shape index (κ1) is 61.5. The average molecular weight is 1190 g/mol. The van der Waals surface area contributed by atoms with Crippen molar-refractivity contribution in [3.63, 3.8) is 0 Å². The zero-order chi connectivity index (χ0) is 57.6. The van der Waals surface area contributed by atoms with Gasteiger partial charge in [0.15, 0.2) is 29.4 Å². The summed E-state index contributed by atoms with van der Waals surface area (Å²) in [4.78, 5) is 52.9. The smallest absolute Gasteiger partial charge is 0.415 e. The van der Waals surface area contributed by atoms with Crippen molar-refractivity contribution in [3.8, 4) is 0 Å². The Labute approximate surface area is 480 Å². The van der Waals surface area contributed by atoms with Crippen LogP contribution in [-0.4, -0.2) is 55.4 Å². The number of alkyl halides is 4. The van der Waals surface area contributed by atoms with Gasteiger partial charge in [0.1, 0.15) is 41.3 Å². The molecular formula is C60H58F4O13S4. The molecule has 4 unspecified atom stereocenters. The lowest BCUT2D eigenvalue weighted by atomic mass is 9.53. The topological polar surface area (TPSA) is 201 Å². The summed E-state index contributed by atoms with van der Waals surface area (Å²) in [6.45, 7) is 0. The van der Waals surface area contributed by atoms with Crippen molar-refractivity contribution < 1.29 is 80.9 Å². The standard InChI is InChI=1S/2C18H15S.C12H14F2O6S.C10H14O2.C2H2F2O5S/c2*1-4-10-16(11-5-1)19(17-12-6-2-7-13-17)18-14-8-3-9-15-18;13-12(14,21-20-19-17)10(16)18-11-3-6-1-7(4-11)9(15)8(2-6)5-11;11-9-7-1-6-2-8(9)5-10(12,3-6)4-7;3-2(4,1(5)6)10-9-8-7/h2*1-15H;6-8,17H,1-5H2;6-8,12H,1-5H2;7H,(H,5,6)/q2*+1;;;/p-2. The van der Waals surface area contributed by atoms with E-state index in [4.69, 9.17) is 15.1 Å². The fourth-order valence-corrected chi connectivity index (χ4v) is 16.7. The van der Waals surface area contributed by atoms with Crippen molar-refractivity contribution in [1.82, 2.24) is 0 Å². The summed E-state index contributed by atoms with van der Waals surface area (Å²) in [5.41, 5.74) is -1.42. The van der Waals surface area contributed by atoms with Crippen LogP contribution in [0.2, 0.25) is 0 Å². The molecule has 0 amide bonds. The van der Waals surface area contributed by atoms with Gasteiger partial charge in [-0.05, 0) is 149 Å². The SMILES string of the molecule is O=C(O)C(F)(F)SOO[O-].O=C1C2CC3CC1CC(O)(C3)C2.O=C1C2CC3CC1CC(OC(=O)C(F)(F)SOO[O-])(C3)C2.c1ccc([S+](c2ccccc2)c2ccccc2)cc1.c1ccc([S+](c2ccccc2)c2ccccc2)cc1. The molecule has 81 heavy (non-hydrogen) atoms. The van der Waals surface area contributed by atoms with Crippen LogP contribution in [-0.2, 0) is 64.4 Å². The third kappa shape index (κ3) is 16.2. The van der Waals surface area contributed by atoms with Crippen molar-refractivity contribution in [2.24, 2.45) is 35.5 Å². The molecule has 14 rings (SSSR count). The minimum absolute atomic E-state index is 0.0146. The number of aliphatic hydroxyl groups is 1. The lowest BCUT2D eigenvalue weighted by molar-refractivity contribution is -0.777. The lowest BCUT2D eigenvalue weighted by Crippen LogP contribution is -2.57. The molecule has 0 aromatic heterocycles. The van der Waals surface area contributed by atoms with E-state index < -0.39 is 57.7 Å². The Bertz CT molecular complexity index is 2640. The van der Waals surface area contributed by atoms with Crippen LogP contribution in [0.5, 0.6) is 0 Å². The summed E-state index contributed by atoms with van der Waals surface area (Å²) in [7, 11) is -0.0293. The van der Waals surface area contributed by atoms with E-state index >= 15 is 0 Å². The Morgan fingerprint density at radius 1 is 0.469 bits per heavy atom. The zero-order valence-corrected chi connectivity index (χ0v) is 46.7. The number of halogens is 4. The third-order valence-electron chi connectivity index (χ3n) is 14.9. The van der Waals surface area contributed by atoms with Crippen molar-refractivity contribution in [1.29, 1.82) is 0 Å². The molecule has 428 valence electrons. The Balaban J connectivity index is 0.000000136. The highest BCUT2D eigenvalue weighted by Gasteiger charge is 2.59. The molecule has 8 aliphatic rings. The number of benzene rings is 6. The Kier molecular flexibility index (Phi) is 21.4. The van der Waals surface area contributed by atoms with Crippen LogP contribution in [0.15, 0.2) is 211 Å². The largest absolute Gasteiger partial charge is 0.691 e. The number of rotatable bonds is 15. The molecular weight excluding hydrogens is 1130 g/mol. The van der Waals surface area contributed by atoms with Crippen molar-refractivity contribution in [2.75, 3.05) is 0 Å². The van der Waals surface area contributed by atoms with E-state index in [0.717, 1.165) is 44.9 Å². The fourth-order valence-electron chi connectivity index (χ4n) is 12.1. The summed E-state index contributed by atoms with van der Waals surface area (Å²) in [5.74, 6) is -2.58. The van der Waals surface area contributed by atoms with E-state index in [2.05, 4.69) is 201 Å². The number of esters is 1. The number of Topliss-reactive ketones (excluding diaryl/α,β-unsaturated/α-hetero) is 2. The number of aliphatic carboxylic acids is 1. The number of carboxylic acid groups (broad SMARTS) is 1. The number of carbonyl (C=O) groups excluding carboxylic acids is 3. The van der Waals surface area contributed by atoms with E-state index in [1.54, 1.807) is 0 Å². The first-order valence-corrected chi connectivity index (χ1v) is 29.9. The number of ether oxygens (including phenoxy) is 1. The molecule has 8 saturated carbocycles. The molecule has 0 aliphatic heterocycles. The molecule has 4 atom stereocenters. The number of carboxylic acids is 1. The first-order valence-electron chi connectivity index (χ1n) is 26.0. The van der Waals surface area contributed by atoms with Crippen LogP contribution in [0.1, 0.15) is 64.2 Å². The van der Waals surface area contributed by atoms with Gasteiger partial charge in [-0.25, -0.2) is 9.59 Å². The van der Waals surface area contributed by atoms with Gasteiger partial charge in [0.25, 0.3) is 0 Å². The molecule has 2 N–H and O–H groups in total. The van der Waals surface area contributed by atoms with Crippen molar-refractivity contribution in [3.05, 3.63) is 182 Å². The van der Waals surface area contributed by atoms with Gasteiger partial charge < -0.3 is 25.5 Å². The number of ketones is 2. The van der Waals surface area contributed by atoms with Gasteiger partial charge in [0.2, 0.25) is 0 Å². The normalized spacial score (nSPS) is 24.6. The van der Waals surface area contributed by atoms with Crippen LogP contribution < -0.4 is 10.5 Å². The molecule has 13 nitrogen and oxygen atoms in total.